The number of anilines is 2. The van der Waals surface area contributed by atoms with E-state index in [2.05, 4.69) is 5.32 Å². The number of furan rings is 1. The molecule has 4 aromatic rings. The van der Waals surface area contributed by atoms with Gasteiger partial charge < -0.3 is 14.6 Å². The van der Waals surface area contributed by atoms with Gasteiger partial charge in [0.2, 0.25) is 11.7 Å². The van der Waals surface area contributed by atoms with Gasteiger partial charge in [-0.25, -0.2) is 0 Å². The van der Waals surface area contributed by atoms with Crippen LogP contribution in [0.4, 0.5) is 11.4 Å². The van der Waals surface area contributed by atoms with Gasteiger partial charge in [0.15, 0.2) is 11.5 Å². The predicted octanol–water partition coefficient (Wildman–Crippen LogP) is 6.10. The molecule has 0 unspecified atom stereocenters. The van der Waals surface area contributed by atoms with Crippen molar-refractivity contribution in [2.24, 2.45) is 5.92 Å². The van der Waals surface area contributed by atoms with Crippen LogP contribution in [-0.2, 0) is 10.2 Å². The van der Waals surface area contributed by atoms with Crippen LogP contribution in [0.15, 0.2) is 95.6 Å². The van der Waals surface area contributed by atoms with E-state index >= 15 is 0 Å². The molecule has 0 saturated carbocycles. The van der Waals surface area contributed by atoms with Gasteiger partial charge >= 0.3 is 0 Å². The molecule has 4 heterocycles. The number of Topliss-reactive ketones (excluding diaryl/α,β-unsaturated/α-hetero) is 2. The molecule has 3 aliphatic heterocycles. The standard InChI is InChI=1S/C32H23ClN2O4/c1-18-8-14-24-20(17-18)11-15-26-32(22-5-2-3-6-23(22)34-31(32)38)27(30(37)25-7-4-16-39-25)28(35(24)26)29(36)19-9-12-21(33)13-10-19/h2-17,26-28H,1H3,(H,34,38)/t26-,27-,28-,32-/m0/s1. The first kappa shape index (κ1) is 23.7. The summed E-state index contributed by atoms with van der Waals surface area (Å²) in [6.07, 6.45) is 5.38. The summed E-state index contributed by atoms with van der Waals surface area (Å²) in [7, 11) is 0. The Morgan fingerprint density at radius 2 is 1.77 bits per heavy atom. The van der Waals surface area contributed by atoms with Gasteiger partial charge in [-0.15, -0.1) is 0 Å². The molecule has 192 valence electrons. The van der Waals surface area contributed by atoms with Crippen LogP contribution in [0.2, 0.25) is 5.02 Å². The number of carbonyl (C=O) groups is 3. The molecule has 39 heavy (non-hydrogen) atoms. The molecule has 1 amide bonds. The molecule has 0 aliphatic carbocycles. The quantitative estimate of drug-likeness (QED) is 0.320. The van der Waals surface area contributed by atoms with Gasteiger partial charge in [0, 0.05) is 22.0 Å². The number of para-hydroxylation sites is 1. The molecule has 7 rings (SSSR count). The number of fused-ring (bicyclic) bond motifs is 6. The van der Waals surface area contributed by atoms with E-state index in [0.29, 0.717) is 21.8 Å². The summed E-state index contributed by atoms with van der Waals surface area (Å²) in [4.78, 5) is 45.1. The summed E-state index contributed by atoms with van der Waals surface area (Å²) in [6.45, 7) is 2.01. The molecule has 3 aliphatic rings. The Balaban J connectivity index is 1.54. The molecule has 1 N–H and O–H groups in total. The van der Waals surface area contributed by atoms with Gasteiger partial charge in [-0.2, -0.15) is 0 Å². The van der Waals surface area contributed by atoms with Gasteiger partial charge in [0.25, 0.3) is 0 Å². The Morgan fingerprint density at radius 3 is 2.54 bits per heavy atom. The van der Waals surface area contributed by atoms with E-state index in [9.17, 15) is 14.4 Å². The zero-order valence-corrected chi connectivity index (χ0v) is 21.7. The third kappa shape index (κ3) is 3.25. The van der Waals surface area contributed by atoms with Gasteiger partial charge in [-0.1, -0.05) is 53.6 Å². The molecule has 1 saturated heterocycles. The maximum atomic E-state index is 14.5. The van der Waals surface area contributed by atoms with E-state index in [-0.39, 0.29) is 17.5 Å². The summed E-state index contributed by atoms with van der Waals surface area (Å²) < 4.78 is 5.58. The summed E-state index contributed by atoms with van der Waals surface area (Å²) in [5.41, 5.74) is 3.17. The van der Waals surface area contributed by atoms with Crippen molar-refractivity contribution in [1.82, 2.24) is 0 Å². The van der Waals surface area contributed by atoms with Crippen LogP contribution in [0.25, 0.3) is 6.08 Å². The lowest BCUT2D eigenvalue weighted by Gasteiger charge is -2.37. The monoisotopic (exact) mass is 534 g/mol. The zero-order chi connectivity index (χ0) is 26.9. The molecule has 7 heteroatoms. The van der Waals surface area contributed by atoms with E-state index in [0.717, 1.165) is 16.8 Å². The van der Waals surface area contributed by atoms with Gasteiger partial charge in [-0.05, 0) is 72.6 Å². The van der Waals surface area contributed by atoms with Crippen LogP contribution in [0, 0.1) is 12.8 Å². The lowest BCUT2D eigenvalue weighted by molar-refractivity contribution is -0.121. The average molecular weight is 535 g/mol. The Morgan fingerprint density at radius 1 is 0.974 bits per heavy atom. The maximum absolute atomic E-state index is 14.5. The second-order valence-corrected chi connectivity index (χ2v) is 10.7. The number of halogens is 1. The molecule has 0 radical (unpaired) electrons. The fourth-order valence-corrected chi connectivity index (χ4v) is 6.78. The van der Waals surface area contributed by atoms with Crippen molar-refractivity contribution in [2.75, 3.05) is 10.2 Å². The number of hydrogen-bond acceptors (Lipinski definition) is 5. The van der Waals surface area contributed by atoms with E-state index < -0.39 is 29.2 Å². The highest BCUT2D eigenvalue weighted by Crippen LogP contribution is 2.58. The van der Waals surface area contributed by atoms with Crippen molar-refractivity contribution in [1.29, 1.82) is 0 Å². The molecule has 1 spiro atoms. The number of benzene rings is 3. The number of rotatable bonds is 4. The third-order valence-electron chi connectivity index (χ3n) is 8.23. The highest BCUT2D eigenvalue weighted by Gasteiger charge is 2.70. The van der Waals surface area contributed by atoms with Crippen molar-refractivity contribution in [3.8, 4) is 0 Å². The fourth-order valence-electron chi connectivity index (χ4n) is 6.66. The Labute approximate surface area is 229 Å². The van der Waals surface area contributed by atoms with Crippen molar-refractivity contribution in [2.45, 2.75) is 24.4 Å². The molecule has 1 fully saturated rings. The van der Waals surface area contributed by atoms with Crippen LogP contribution >= 0.6 is 11.6 Å². The summed E-state index contributed by atoms with van der Waals surface area (Å²) >= 11 is 6.14. The number of ketones is 2. The van der Waals surface area contributed by atoms with E-state index in [1.165, 1.54) is 6.26 Å². The second-order valence-electron chi connectivity index (χ2n) is 10.3. The summed E-state index contributed by atoms with van der Waals surface area (Å²) in [6, 6.07) is 21.7. The lowest BCUT2D eigenvalue weighted by atomic mass is 9.64. The zero-order valence-electron chi connectivity index (χ0n) is 20.9. The van der Waals surface area contributed by atoms with Crippen LogP contribution in [0.3, 0.4) is 0 Å². The molecule has 3 aromatic carbocycles. The molecule has 4 atom stereocenters. The van der Waals surface area contributed by atoms with E-state index in [1.807, 2.05) is 66.4 Å². The first-order chi connectivity index (χ1) is 18.9. The number of hydrogen-bond donors (Lipinski definition) is 1. The molecule has 0 bridgehead atoms. The van der Waals surface area contributed by atoms with E-state index in [1.54, 1.807) is 36.4 Å². The summed E-state index contributed by atoms with van der Waals surface area (Å²) in [5, 5.41) is 3.52. The minimum atomic E-state index is -1.37. The molecule has 6 nitrogen and oxygen atoms in total. The van der Waals surface area contributed by atoms with Crippen LogP contribution in [0.1, 0.15) is 37.6 Å². The Kier molecular flexibility index (Phi) is 5.19. The van der Waals surface area contributed by atoms with Crippen molar-refractivity contribution in [3.05, 3.63) is 124 Å². The van der Waals surface area contributed by atoms with Crippen LogP contribution in [-0.4, -0.2) is 29.6 Å². The third-order valence-corrected chi connectivity index (χ3v) is 8.48. The van der Waals surface area contributed by atoms with Crippen molar-refractivity contribution in [3.63, 3.8) is 0 Å². The Hall–Kier alpha value is -4.42. The van der Waals surface area contributed by atoms with Crippen LogP contribution < -0.4 is 10.2 Å². The molecule has 1 aromatic heterocycles. The normalized spacial score (nSPS) is 24.3. The smallest absolute Gasteiger partial charge is 0.238 e. The predicted molar refractivity (Wildman–Crippen MR) is 149 cm³/mol. The van der Waals surface area contributed by atoms with Gasteiger partial charge in [-0.3, -0.25) is 14.4 Å². The number of carbonyl (C=O) groups excluding carboxylic acids is 3. The van der Waals surface area contributed by atoms with Crippen molar-refractivity contribution < 1.29 is 18.8 Å². The van der Waals surface area contributed by atoms with Crippen LogP contribution in [0.5, 0.6) is 0 Å². The topological polar surface area (TPSA) is 79.6 Å². The first-order valence-corrected chi connectivity index (χ1v) is 13.1. The number of amides is 1. The minimum absolute atomic E-state index is 0.110. The minimum Gasteiger partial charge on any atom is -0.461 e. The maximum Gasteiger partial charge on any atom is 0.238 e. The fraction of sp³-hybridized carbons (Fsp3) is 0.156. The Bertz CT molecular complexity index is 1690. The lowest BCUT2D eigenvalue weighted by Crippen LogP contribution is -2.51. The van der Waals surface area contributed by atoms with Gasteiger partial charge in [0.1, 0.15) is 11.5 Å². The largest absolute Gasteiger partial charge is 0.461 e. The van der Waals surface area contributed by atoms with E-state index in [4.69, 9.17) is 16.0 Å². The molecular weight excluding hydrogens is 512 g/mol. The average Bonchev–Trinajstić information content (AvgIpc) is 3.65. The SMILES string of the molecule is Cc1ccc2c(c1)C=C[C@@H]1N2[C@H](C(=O)c2ccc(Cl)cc2)[C@@H](C(=O)c2ccco2)[C@@]12C(=O)Nc1ccccc12. The van der Waals surface area contributed by atoms with Crippen molar-refractivity contribution >= 4 is 46.5 Å². The first-order valence-electron chi connectivity index (χ1n) is 12.8. The highest BCUT2D eigenvalue weighted by molar-refractivity contribution is 6.30. The highest BCUT2D eigenvalue weighted by atomic mass is 35.5. The summed E-state index contributed by atoms with van der Waals surface area (Å²) in [5.74, 6) is -1.93. The second kappa shape index (κ2) is 8.55. The number of nitrogens with one attached hydrogen (secondary N) is 1. The van der Waals surface area contributed by atoms with Gasteiger partial charge in [0.05, 0.1) is 18.2 Å². The number of aryl methyl sites for hydroxylation is 1. The number of nitrogens with zero attached hydrogens (tertiary/aromatic N) is 1. The molecular formula is C32H23ClN2O4.